The van der Waals surface area contributed by atoms with Crippen molar-refractivity contribution in [2.75, 3.05) is 0 Å². The van der Waals surface area contributed by atoms with Gasteiger partial charge in [-0.2, -0.15) is 0 Å². The maximum atomic E-state index is 14.2. The van der Waals surface area contributed by atoms with Gasteiger partial charge in [-0.25, -0.2) is 4.39 Å². The molecule has 0 fully saturated rings. The third kappa shape index (κ3) is 2.14. The second kappa shape index (κ2) is 4.31. The minimum atomic E-state index is -0.563. The van der Waals surface area contributed by atoms with Gasteiger partial charge in [0.05, 0.1) is 6.10 Å². The van der Waals surface area contributed by atoms with Crippen LogP contribution in [-0.4, -0.2) is 5.11 Å². The van der Waals surface area contributed by atoms with Crippen LogP contribution in [-0.2, 0) is 6.42 Å². The first kappa shape index (κ1) is 12.6. The largest absolute Gasteiger partial charge is 0.388 e. The third-order valence-corrected chi connectivity index (χ3v) is 4.30. The summed E-state index contributed by atoms with van der Waals surface area (Å²) in [4.78, 5) is 0. The average Bonchev–Trinajstić information content (AvgIpc) is 2.47. The SMILES string of the molecule is CC1(C)CCc2c(cc(F)c3ccccc23)C(O)C1. The summed E-state index contributed by atoms with van der Waals surface area (Å²) in [6.07, 6.45) is 2.05. The Morgan fingerprint density at radius 2 is 1.89 bits per heavy atom. The number of hydrogen-bond acceptors (Lipinski definition) is 1. The van der Waals surface area contributed by atoms with Crippen LogP contribution in [0.15, 0.2) is 30.3 Å². The lowest BCUT2D eigenvalue weighted by Gasteiger charge is -2.24. The van der Waals surface area contributed by atoms with E-state index in [1.54, 1.807) is 0 Å². The van der Waals surface area contributed by atoms with Gasteiger partial charge in [-0.15, -0.1) is 0 Å². The van der Waals surface area contributed by atoms with Crippen molar-refractivity contribution in [3.05, 3.63) is 47.3 Å². The lowest BCUT2D eigenvalue weighted by atomic mass is 9.84. The Hall–Kier alpha value is -1.41. The highest BCUT2D eigenvalue weighted by molar-refractivity contribution is 5.87. The molecule has 2 aromatic carbocycles. The zero-order valence-corrected chi connectivity index (χ0v) is 11.4. The molecule has 2 aromatic rings. The van der Waals surface area contributed by atoms with Crippen molar-refractivity contribution in [1.29, 1.82) is 0 Å². The Kier molecular flexibility index (Phi) is 2.86. The predicted octanol–water partition coefficient (Wildman–Crippen LogP) is 4.37. The minimum Gasteiger partial charge on any atom is -0.388 e. The summed E-state index contributed by atoms with van der Waals surface area (Å²) in [6.45, 7) is 4.33. The molecule has 0 amide bonds. The second-order valence-corrected chi connectivity index (χ2v) is 6.36. The molecule has 0 saturated heterocycles. The van der Waals surface area contributed by atoms with Gasteiger partial charge in [-0.1, -0.05) is 38.1 Å². The fourth-order valence-corrected chi connectivity index (χ4v) is 3.19. The van der Waals surface area contributed by atoms with Crippen LogP contribution in [0.4, 0.5) is 4.39 Å². The zero-order chi connectivity index (χ0) is 13.6. The first-order valence-corrected chi connectivity index (χ1v) is 6.86. The quantitative estimate of drug-likeness (QED) is 0.695. The summed E-state index contributed by atoms with van der Waals surface area (Å²) in [6, 6.07) is 9.10. The van der Waals surface area contributed by atoms with Gasteiger partial charge in [-0.3, -0.25) is 0 Å². The fraction of sp³-hybridized carbons (Fsp3) is 0.412. The van der Waals surface area contributed by atoms with Gasteiger partial charge in [-0.05, 0) is 47.3 Å². The van der Waals surface area contributed by atoms with E-state index in [9.17, 15) is 9.50 Å². The number of fused-ring (bicyclic) bond motifs is 3. The zero-order valence-electron chi connectivity index (χ0n) is 11.4. The van der Waals surface area contributed by atoms with Gasteiger partial charge in [0, 0.05) is 5.39 Å². The van der Waals surface area contributed by atoms with E-state index in [2.05, 4.69) is 13.8 Å². The topological polar surface area (TPSA) is 20.2 Å². The molecule has 1 aliphatic carbocycles. The molecule has 1 aliphatic rings. The summed E-state index contributed by atoms with van der Waals surface area (Å²) in [5, 5.41) is 12.0. The van der Waals surface area contributed by atoms with Crippen LogP contribution < -0.4 is 0 Å². The first-order valence-electron chi connectivity index (χ1n) is 6.86. The number of benzene rings is 2. The second-order valence-electron chi connectivity index (χ2n) is 6.36. The molecule has 0 saturated carbocycles. The van der Waals surface area contributed by atoms with Crippen LogP contribution >= 0.6 is 0 Å². The number of hydrogen-bond donors (Lipinski definition) is 1. The van der Waals surface area contributed by atoms with Gasteiger partial charge in [0.1, 0.15) is 5.82 Å². The van der Waals surface area contributed by atoms with Gasteiger partial charge < -0.3 is 5.11 Å². The lowest BCUT2D eigenvalue weighted by molar-refractivity contribution is 0.116. The standard InChI is InChI=1S/C17H19FO/c1-17(2)8-7-12-11-5-3-4-6-13(11)15(18)9-14(12)16(19)10-17/h3-6,9,16,19H,7-8,10H2,1-2H3. The van der Waals surface area contributed by atoms with E-state index in [4.69, 9.17) is 0 Å². The van der Waals surface area contributed by atoms with Crippen LogP contribution in [0.25, 0.3) is 10.8 Å². The summed E-state index contributed by atoms with van der Waals surface area (Å²) in [5.41, 5.74) is 1.99. The number of aliphatic hydroxyl groups is 1. The molecule has 0 bridgehead atoms. The van der Waals surface area contributed by atoms with Crippen molar-refractivity contribution in [3.8, 4) is 0 Å². The summed E-state index contributed by atoms with van der Waals surface area (Å²) in [5.74, 6) is -0.229. The van der Waals surface area contributed by atoms with E-state index in [-0.39, 0.29) is 11.2 Å². The lowest BCUT2D eigenvalue weighted by Crippen LogP contribution is -2.13. The van der Waals surface area contributed by atoms with E-state index in [0.717, 1.165) is 29.4 Å². The van der Waals surface area contributed by atoms with Gasteiger partial charge >= 0.3 is 0 Å². The molecule has 0 heterocycles. The van der Waals surface area contributed by atoms with Crippen molar-refractivity contribution in [2.24, 2.45) is 5.41 Å². The van der Waals surface area contributed by atoms with Gasteiger partial charge in [0.2, 0.25) is 0 Å². The average molecular weight is 258 g/mol. The van der Waals surface area contributed by atoms with Gasteiger partial charge in [0.15, 0.2) is 0 Å². The molecule has 0 radical (unpaired) electrons. The predicted molar refractivity (Wildman–Crippen MR) is 75.6 cm³/mol. The number of aliphatic hydroxyl groups excluding tert-OH is 1. The highest BCUT2D eigenvalue weighted by Gasteiger charge is 2.29. The number of aryl methyl sites for hydroxylation is 1. The van der Waals surface area contributed by atoms with Crippen molar-refractivity contribution >= 4 is 10.8 Å². The van der Waals surface area contributed by atoms with E-state index in [1.807, 2.05) is 24.3 Å². The van der Waals surface area contributed by atoms with Crippen LogP contribution in [0.5, 0.6) is 0 Å². The number of halogens is 1. The molecule has 1 atom stereocenters. The molecule has 3 rings (SSSR count). The Morgan fingerprint density at radius 1 is 1.21 bits per heavy atom. The van der Waals surface area contributed by atoms with Crippen molar-refractivity contribution < 1.29 is 9.50 Å². The highest BCUT2D eigenvalue weighted by Crippen LogP contribution is 2.41. The smallest absolute Gasteiger partial charge is 0.131 e. The van der Waals surface area contributed by atoms with Crippen molar-refractivity contribution in [2.45, 2.75) is 39.2 Å². The molecule has 1 N–H and O–H groups in total. The molecule has 1 nitrogen and oxygen atoms in total. The molecule has 2 heteroatoms. The van der Waals surface area contributed by atoms with Crippen molar-refractivity contribution in [3.63, 3.8) is 0 Å². The van der Waals surface area contributed by atoms with E-state index < -0.39 is 6.10 Å². The van der Waals surface area contributed by atoms with E-state index in [0.29, 0.717) is 11.8 Å². The van der Waals surface area contributed by atoms with E-state index >= 15 is 0 Å². The van der Waals surface area contributed by atoms with Crippen LogP contribution in [0.3, 0.4) is 0 Å². The normalized spacial score (nSPS) is 22.0. The monoisotopic (exact) mass is 258 g/mol. The number of rotatable bonds is 0. The Balaban J connectivity index is 2.26. The maximum Gasteiger partial charge on any atom is 0.131 e. The minimum absolute atomic E-state index is 0.0933. The fourth-order valence-electron chi connectivity index (χ4n) is 3.19. The van der Waals surface area contributed by atoms with Crippen LogP contribution in [0, 0.1) is 11.2 Å². The molecule has 0 spiro atoms. The summed E-state index contributed by atoms with van der Waals surface area (Å²) >= 11 is 0. The maximum absolute atomic E-state index is 14.2. The third-order valence-electron chi connectivity index (χ3n) is 4.30. The molecule has 100 valence electrons. The van der Waals surface area contributed by atoms with Crippen LogP contribution in [0.1, 0.15) is 43.9 Å². The van der Waals surface area contributed by atoms with Crippen LogP contribution in [0.2, 0.25) is 0 Å². The Labute approximate surface area is 113 Å². The molecular formula is C17H19FO. The molecule has 0 aliphatic heterocycles. The highest BCUT2D eigenvalue weighted by atomic mass is 19.1. The Bertz CT molecular complexity index is 630. The first-order chi connectivity index (χ1) is 8.98. The Morgan fingerprint density at radius 3 is 2.63 bits per heavy atom. The molecule has 1 unspecified atom stereocenters. The van der Waals surface area contributed by atoms with E-state index in [1.165, 1.54) is 6.07 Å². The molecule has 0 aromatic heterocycles. The van der Waals surface area contributed by atoms with Gasteiger partial charge in [0.25, 0.3) is 0 Å². The summed E-state index contributed by atoms with van der Waals surface area (Å²) < 4.78 is 14.2. The molecule has 19 heavy (non-hydrogen) atoms. The van der Waals surface area contributed by atoms with Crippen molar-refractivity contribution in [1.82, 2.24) is 0 Å². The summed E-state index contributed by atoms with van der Waals surface area (Å²) in [7, 11) is 0. The molecular weight excluding hydrogens is 239 g/mol.